The molecule has 3 N–H and O–H groups in total. The van der Waals surface area contributed by atoms with Gasteiger partial charge in [-0.15, -0.1) is 0 Å². The van der Waals surface area contributed by atoms with Crippen molar-refractivity contribution in [3.63, 3.8) is 0 Å². The normalized spacial score (nSPS) is 12.1. The molecule has 0 saturated heterocycles. The molecule has 1 aromatic carbocycles. The standard InChI is InChI=1S/C17H22Cl3N3O3S/c1-2-3-4-5-10-13(24)22-15(17(18,19)20)23-16(27)21-12-9-7-6-8-11(12)14(25)26/h6-9,15H,2-5,10H2,1H3,(H,22,24)(H,25,26)(H2,21,23,27)/p-1/t15-/m0/s1. The number of nitrogens with one attached hydrogen (secondary N) is 3. The lowest BCUT2D eigenvalue weighted by atomic mass is 10.1. The number of halogens is 3. The molecule has 27 heavy (non-hydrogen) atoms. The molecule has 0 unspecified atom stereocenters. The van der Waals surface area contributed by atoms with Gasteiger partial charge in [-0.3, -0.25) is 4.79 Å². The highest BCUT2D eigenvalue weighted by Gasteiger charge is 2.34. The Kier molecular flexibility index (Phi) is 10.2. The van der Waals surface area contributed by atoms with Crippen LogP contribution in [0.1, 0.15) is 49.4 Å². The number of para-hydroxylation sites is 1. The number of thiocarbonyl (C=S) groups is 1. The van der Waals surface area contributed by atoms with E-state index in [2.05, 4.69) is 22.9 Å². The van der Waals surface area contributed by atoms with Crippen molar-refractivity contribution in [3.05, 3.63) is 29.8 Å². The summed E-state index contributed by atoms with van der Waals surface area (Å²) in [5, 5.41) is 19.1. The van der Waals surface area contributed by atoms with Crippen molar-refractivity contribution >= 4 is 69.7 Å². The van der Waals surface area contributed by atoms with E-state index in [9.17, 15) is 14.7 Å². The fourth-order valence-corrected chi connectivity index (χ4v) is 2.76. The van der Waals surface area contributed by atoms with Crippen LogP contribution in [0, 0.1) is 0 Å². The van der Waals surface area contributed by atoms with Crippen LogP contribution in [-0.4, -0.2) is 26.9 Å². The van der Waals surface area contributed by atoms with Gasteiger partial charge in [-0.05, 0) is 24.7 Å². The highest BCUT2D eigenvalue weighted by atomic mass is 35.6. The number of rotatable bonds is 9. The Morgan fingerprint density at radius 2 is 1.81 bits per heavy atom. The molecule has 1 amide bonds. The average Bonchev–Trinajstić information content (AvgIpc) is 2.57. The maximum atomic E-state index is 12.1. The summed E-state index contributed by atoms with van der Waals surface area (Å²) >= 11 is 22.9. The number of carbonyl (C=O) groups excluding carboxylic acids is 2. The van der Waals surface area contributed by atoms with Gasteiger partial charge in [0.05, 0.1) is 5.97 Å². The number of carbonyl (C=O) groups is 2. The summed E-state index contributed by atoms with van der Waals surface area (Å²) in [7, 11) is 0. The van der Waals surface area contributed by atoms with E-state index in [1.807, 2.05) is 0 Å². The van der Waals surface area contributed by atoms with Crippen LogP contribution in [0.25, 0.3) is 0 Å². The SMILES string of the molecule is CCCCCCC(=O)N[C@@H](NC(=S)Nc1ccccc1C(=O)[O-])C(Cl)(Cl)Cl. The van der Waals surface area contributed by atoms with Crippen LogP contribution in [-0.2, 0) is 4.79 Å². The predicted molar refractivity (Wildman–Crippen MR) is 111 cm³/mol. The third-order valence-corrected chi connectivity index (χ3v) is 4.44. The summed E-state index contributed by atoms with van der Waals surface area (Å²) in [6.45, 7) is 2.08. The molecule has 0 aliphatic carbocycles. The maximum absolute atomic E-state index is 12.1. The second-order valence-electron chi connectivity index (χ2n) is 5.78. The molecule has 0 aliphatic rings. The van der Waals surface area contributed by atoms with Gasteiger partial charge in [-0.1, -0.05) is 79.2 Å². The molecule has 0 heterocycles. The van der Waals surface area contributed by atoms with Crippen molar-refractivity contribution < 1.29 is 14.7 Å². The van der Waals surface area contributed by atoms with Crippen LogP contribution >= 0.6 is 47.0 Å². The third kappa shape index (κ3) is 8.97. The quantitative estimate of drug-likeness (QED) is 0.230. The second-order valence-corrected chi connectivity index (χ2v) is 8.56. The summed E-state index contributed by atoms with van der Waals surface area (Å²) in [5.41, 5.74) is 0.135. The monoisotopic (exact) mass is 452 g/mol. The third-order valence-electron chi connectivity index (χ3n) is 3.56. The number of aromatic carboxylic acids is 1. The zero-order valence-corrected chi connectivity index (χ0v) is 17.8. The van der Waals surface area contributed by atoms with Gasteiger partial charge in [0.25, 0.3) is 0 Å². The van der Waals surface area contributed by atoms with E-state index in [1.54, 1.807) is 12.1 Å². The van der Waals surface area contributed by atoms with Crippen molar-refractivity contribution in [1.29, 1.82) is 0 Å². The Bertz CT molecular complexity index is 668. The van der Waals surface area contributed by atoms with Crippen LogP contribution in [0.3, 0.4) is 0 Å². The zero-order valence-electron chi connectivity index (χ0n) is 14.7. The van der Waals surface area contributed by atoms with Crippen molar-refractivity contribution in [2.75, 3.05) is 5.32 Å². The van der Waals surface area contributed by atoms with Gasteiger partial charge >= 0.3 is 0 Å². The Labute approximate surface area is 178 Å². The van der Waals surface area contributed by atoms with Crippen LogP contribution in [0.15, 0.2) is 24.3 Å². The molecule has 0 radical (unpaired) electrons. The van der Waals surface area contributed by atoms with Gasteiger partial charge in [0, 0.05) is 17.7 Å². The first kappa shape index (κ1) is 23.8. The van der Waals surface area contributed by atoms with Crippen LogP contribution in [0.2, 0.25) is 0 Å². The van der Waals surface area contributed by atoms with Crippen LogP contribution < -0.4 is 21.1 Å². The Morgan fingerprint density at radius 3 is 2.41 bits per heavy atom. The summed E-state index contributed by atoms with van der Waals surface area (Å²) in [4.78, 5) is 23.2. The van der Waals surface area contributed by atoms with Gasteiger partial charge < -0.3 is 25.9 Å². The minimum Gasteiger partial charge on any atom is -0.545 e. The number of amides is 1. The molecule has 0 bridgehead atoms. The molecular formula is C17H21Cl3N3O3S-. The van der Waals surface area contributed by atoms with Gasteiger partial charge in [-0.2, -0.15) is 0 Å². The Balaban J connectivity index is 2.70. The minimum absolute atomic E-state index is 0.0219. The number of hydrogen-bond donors (Lipinski definition) is 3. The largest absolute Gasteiger partial charge is 0.545 e. The van der Waals surface area contributed by atoms with Gasteiger partial charge in [0.2, 0.25) is 9.70 Å². The average molecular weight is 454 g/mol. The van der Waals surface area contributed by atoms with Gasteiger partial charge in [0.1, 0.15) is 6.17 Å². The lowest BCUT2D eigenvalue weighted by molar-refractivity contribution is -0.254. The summed E-state index contributed by atoms with van der Waals surface area (Å²) in [6, 6.07) is 6.05. The number of anilines is 1. The number of hydrogen-bond acceptors (Lipinski definition) is 4. The molecule has 0 aromatic heterocycles. The summed E-state index contributed by atoms with van der Waals surface area (Å²) in [5.74, 6) is -1.65. The maximum Gasteiger partial charge on any atom is 0.228 e. The van der Waals surface area contributed by atoms with Crippen LogP contribution in [0.5, 0.6) is 0 Å². The molecule has 0 saturated carbocycles. The van der Waals surface area contributed by atoms with E-state index in [1.165, 1.54) is 12.1 Å². The fraction of sp³-hybridized carbons (Fsp3) is 0.471. The number of unbranched alkanes of at least 4 members (excludes halogenated alkanes) is 3. The van der Waals surface area contributed by atoms with E-state index >= 15 is 0 Å². The fourth-order valence-electron chi connectivity index (χ4n) is 2.20. The zero-order chi connectivity index (χ0) is 20.4. The Hall–Kier alpha value is -1.28. The molecule has 1 atom stereocenters. The second kappa shape index (κ2) is 11.5. The van der Waals surface area contributed by atoms with Gasteiger partial charge in [-0.25, -0.2) is 0 Å². The number of carboxylic acid groups (broad SMARTS) is 1. The molecule has 10 heteroatoms. The number of alkyl halides is 3. The van der Waals surface area contributed by atoms with Crippen LogP contribution in [0.4, 0.5) is 5.69 Å². The van der Waals surface area contributed by atoms with Crippen molar-refractivity contribution in [2.24, 2.45) is 0 Å². The molecule has 150 valence electrons. The van der Waals surface area contributed by atoms with E-state index in [0.29, 0.717) is 6.42 Å². The molecule has 0 aliphatic heterocycles. The molecule has 0 fully saturated rings. The van der Waals surface area contributed by atoms with E-state index in [-0.39, 0.29) is 22.3 Å². The first-order valence-electron chi connectivity index (χ1n) is 8.39. The predicted octanol–water partition coefficient (Wildman–Crippen LogP) is 3.12. The van der Waals surface area contributed by atoms with E-state index < -0.39 is 15.9 Å². The first-order chi connectivity index (χ1) is 12.6. The van der Waals surface area contributed by atoms with E-state index in [0.717, 1.165) is 25.7 Å². The Morgan fingerprint density at radius 1 is 1.15 bits per heavy atom. The molecule has 1 aromatic rings. The minimum atomic E-state index is -1.88. The molecule has 0 spiro atoms. The number of carboxylic acids is 1. The highest BCUT2D eigenvalue weighted by Crippen LogP contribution is 2.29. The lowest BCUT2D eigenvalue weighted by Crippen LogP contribution is -2.56. The first-order valence-corrected chi connectivity index (χ1v) is 9.93. The molecule has 6 nitrogen and oxygen atoms in total. The van der Waals surface area contributed by atoms with E-state index in [4.69, 9.17) is 47.0 Å². The summed E-state index contributed by atoms with van der Waals surface area (Å²) in [6.07, 6.45) is 2.98. The molecular weight excluding hydrogens is 433 g/mol. The van der Waals surface area contributed by atoms with Gasteiger partial charge in [0.15, 0.2) is 5.11 Å². The topological polar surface area (TPSA) is 93.3 Å². The van der Waals surface area contributed by atoms with Crippen molar-refractivity contribution in [3.8, 4) is 0 Å². The lowest BCUT2D eigenvalue weighted by Gasteiger charge is -2.28. The highest BCUT2D eigenvalue weighted by molar-refractivity contribution is 7.80. The number of benzene rings is 1. The molecule has 1 rings (SSSR count). The van der Waals surface area contributed by atoms with Crippen molar-refractivity contribution in [2.45, 2.75) is 49.0 Å². The summed E-state index contributed by atoms with van der Waals surface area (Å²) < 4.78 is -1.88. The smallest absolute Gasteiger partial charge is 0.228 e. The van der Waals surface area contributed by atoms with Crippen molar-refractivity contribution in [1.82, 2.24) is 10.6 Å².